The Bertz CT molecular complexity index is 846. The molecule has 0 radical (unpaired) electrons. The first-order valence-electron chi connectivity index (χ1n) is 9.28. The van der Waals surface area contributed by atoms with Crippen LogP contribution in [0.4, 0.5) is 5.69 Å². The number of nitrogens with one attached hydrogen (secondary N) is 2. The molecule has 5 heteroatoms. The number of benzene rings is 2. The molecule has 3 rings (SSSR count). The van der Waals surface area contributed by atoms with E-state index in [1.165, 1.54) is 0 Å². The summed E-state index contributed by atoms with van der Waals surface area (Å²) in [5, 5.41) is 6.65. The van der Waals surface area contributed by atoms with Gasteiger partial charge in [-0.3, -0.25) is 9.59 Å². The number of hydrogen-bond donors (Lipinski definition) is 2. The van der Waals surface area contributed by atoms with E-state index in [-0.39, 0.29) is 29.2 Å². The molecule has 0 aromatic heterocycles. The van der Waals surface area contributed by atoms with E-state index in [1.807, 2.05) is 45.0 Å². The van der Waals surface area contributed by atoms with E-state index in [9.17, 15) is 9.59 Å². The molecule has 2 aromatic rings. The Morgan fingerprint density at radius 3 is 2.41 bits per heavy atom. The monoisotopic (exact) mass is 384 g/mol. The highest BCUT2D eigenvalue weighted by atomic mass is 35.5. The van der Waals surface area contributed by atoms with Gasteiger partial charge < -0.3 is 10.6 Å². The Morgan fingerprint density at radius 2 is 1.78 bits per heavy atom. The topological polar surface area (TPSA) is 58.2 Å². The number of rotatable bonds is 6. The van der Waals surface area contributed by atoms with Crippen molar-refractivity contribution in [2.24, 2.45) is 5.92 Å². The Labute approximate surface area is 165 Å². The van der Waals surface area contributed by atoms with Crippen molar-refractivity contribution in [2.45, 2.75) is 45.1 Å². The fourth-order valence-electron chi connectivity index (χ4n) is 3.01. The smallest absolute Gasteiger partial charge is 0.251 e. The SMILES string of the molecule is CCC(C)(C)NC(=O)c1ccc(NC(=O)C2CC2c2ccccc2Cl)cc1. The molecule has 2 aromatic carbocycles. The first kappa shape index (κ1) is 19.4. The second kappa shape index (κ2) is 7.73. The summed E-state index contributed by atoms with van der Waals surface area (Å²) in [6.07, 6.45) is 1.66. The molecule has 142 valence electrons. The zero-order chi connectivity index (χ0) is 19.6. The van der Waals surface area contributed by atoms with Crippen molar-refractivity contribution in [3.05, 3.63) is 64.7 Å². The average Bonchev–Trinajstić information content (AvgIpc) is 3.43. The minimum Gasteiger partial charge on any atom is -0.347 e. The molecule has 0 aliphatic heterocycles. The van der Waals surface area contributed by atoms with E-state index < -0.39 is 0 Å². The zero-order valence-corrected chi connectivity index (χ0v) is 16.6. The maximum absolute atomic E-state index is 12.5. The fourth-order valence-corrected chi connectivity index (χ4v) is 3.29. The molecule has 1 fully saturated rings. The van der Waals surface area contributed by atoms with Crippen LogP contribution in [-0.2, 0) is 4.79 Å². The van der Waals surface area contributed by atoms with Crippen molar-refractivity contribution in [3.8, 4) is 0 Å². The third kappa shape index (κ3) is 4.69. The summed E-state index contributed by atoms with van der Waals surface area (Å²) < 4.78 is 0. The lowest BCUT2D eigenvalue weighted by Crippen LogP contribution is -2.42. The zero-order valence-electron chi connectivity index (χ0n) is 15.9. The van der Waals surface area contributed by atoms with Crippen LogP contribution in [-0.4, -0.2) is 17.4 Å². The first-order valence-corrected chi connectivity index (χ1v) is 9.66. The lowest BCUT2D eigenvalue weighted by Gasteiger charge is -2.24. The van der Waals surface area contributed by atoms with Crippen LogP contribution in [0.25, 0.3) is 0 Å². The normalized spacial score (nSPS) is 18.7. The maximum atomic E-state index is 12.5. The van der Waals surface area contributed by atoms with Crippen molar-refractivity contribution in [1.82, 2.24) is 5.32 Å². The Kier molecular flexibility index (Phi) is 5.56. The molecule has 2 unspecified atom stereocenters. The molecule has 27 heavy (non-hydrogen) atoms. The molecule has 2 amide bonds. The second-order valence-electron chi connectivity index (χ2n) is 7.73. The molecular formula is C22H25ClN2O2. The summed E-state index contributed by atoms with van der Waals surface area (Å²) in [7, 11) is 0. The van der Waals surface area contributed by atoms with Crippen molar-refractivity contribution in [3.63, 3.8) is 0 Å². The number of anilines is 1. The van der Waals surface area contributed by atoms with Gasteiger partial charge in [-0.1, -0.05) is 36.7 Å². The summed E-state index contributed by atoms with van der Waals surface area (Å²) in [6, 6.07) is 14.7. The minimum absolute atomic E-state index is 0.00997. The predicted molar refractivity (Wildman–Crippen MR) is 109 cm³/mol. The molecule has 0 saturated heterocycles. The van der Waals surface area contributed by atoms with Gasteiger partial charge in [-0.05, 0) is 68.5 Å². The lowest BCUT2D eigenvalue weighted by molar-refractivity contribution is -0.117. The van der Waals surface area contributed by atoms with Crippen LogP contribution >= 0.6 is 11.6 Å². The Balaban J connectivity index is 1.58. The second-order valence-corrected chi connectivity index (χ2v) is 8.14. The van der Waals surface area contributed by atoms with Crippen molar-refractivity contribution < 1.29 is 9.59 Å². The third-order valence-corrected chi connectivity index (χ3v) is 5.53. The van der Waals surface area contributed by atoms with Gasteiger partial charge in [0.05, 0.1) is 0 Å². The molecule has 1 saturated carbocycles. The van der Waals surface area contributed by atoms with E-state index in [1.54, 1.807) is 24.3 Å². The third-order valence-electron chi connectivity index (χ3n) is 5.18. The summed E-state index contributed by atoms with van der Waals surface area (Å²) in [6.45, 7) is 6.02. The van der Waals surface area contributed by atoms with E-state index in [0.717, 1.165) is 18.4 Å². The van der Waals surface area contributed by atoms with Gasteiger partial charge in [-0.15, -0.1) is 0 Å². The quantitative estimate of drug-likeness (QED) is 0.736. The van der Waals surface area contributed by atoms with Crippen molar-refractivity contribution in [2.75, 3.05) is 5.32 Å². The van der Waals surface area contributed by atoms with Crippen molar-refractivity contribution >= 4 is 29.1 Å². The van der Waals surface area contributed by atoms with Crippen molar-refractivity contribution in [1.29, 1.82) is 0 Å². The highest BCUT2D eigenvalue weighted by Crippen LogP contribution is 2.49. The van der Waals surface area contributed by atoms with Gasteiger partial charge in [0.15, 0.2) is 0 Å². The molecule has 4 nitrogen and oxygen atoms in total. The number of carbonyl (C=O) groups is 2. The number of hydrogen-bond acceptors (Lipinski definition) is 2. The van der Waals surface area contributed by atoms with Crippen LogP contribution in [0, 0.1) is 5.92 Å². The molecule has 0 bridgehead atoms. The summed E-state index contributed by atoms with van der Waals surface area (Å²) in [5.74, 6) is 0.00296. The highest BCUT2D eigenvalue weighted by Gasteiger charge is 2.44. The summed E-state index contributed by atoms with van der Waals surface area (Å²) in [5.41, 5.74) is 2.06. The van der Waals surface area contributed by atoms with Crippen LogP contribution in [0.1, 0.15) is 55.5 Å². The van der Waals surface area contributed by atoms with Crippen LogP contribution in [0.2, 0.25) is 5.02 Å². The average molecular weight is 385 g/mol. The largest absolute Gasteiger partial charge is 0.347 e. The fraction of sp³-hybridized carbons (Fsp3) is 0.364. The van der Waals surface area contributed by atoms with Crippen LogP contribution in [0.3, 0.4) is 0 Å². The summed E-state index contributed by atoms with van der Waals surface area (Å²) in [4.78, 5) is 24.8. The minimum atomic E-state index is -0.246. The number of carbonyl (C=O) groups excluding carboxylic acids is 2. The van der Waals surface area contributed by atoms with Gasteiger partial charge in [0, 0.05) is 27.7 Å². The Morgan fingerprint density at radius 1 is 1.11 bits per heavy atom. The van der Waals surface area contributed by atoms with Gasteiger partial charge in [-0.25, -0.2) is 0 Å². The van der Waals surface area contributed by atoms with Gasteiger partial charge in [0.2, 0.25) is 5.91 Å². The maximum Gasteiger partial charge on any atom is 0.251 e. The van der Waals surface area contributed by atoms with E-state index in [2.05, 4.69) is 10.6 Å². The van der Waals surface area contributed by atoms with Crippen LogP contribution in [0.5, 0.6) is 0 Å². The van der Waals surface area contributed by atoms with Gasteiger partial charge >= 0.3 is 0 Å². The van der Waals surface area contributed by atoms with E-state index >= 15 is 0 Å². The van der Waals surface area contributed by atoms with Crippen LogP contribution in [0.15, 0.2) is 48.5 Å². The van der Waals surface area contributed by atoms with Crippen LogP contribution < -0.4 is 10.6 Å². The number of amides is 2. The van der Waals surface area contributed by atoms with E-state index in [0.29, 0.717) is 16.3 Å². The predicted octanol–water partition coefficient (Wildman–Crippen LogP) is 5.00. The van der Waals surface area contributed by atoms with Gasteiger partial charge in [0.1, 0.15) is 0 Å². The molecule has 2 N–H and O–H groups in total. The lowest BCUT2D eigenvalue weighted by atomic mass is 10.0. The Hall–Kier alpha value is -2.33. The van der Waals surface area contributed by atoms with Gasteiger partial charge in [-0.2, -0.15) is 0 Å². The number of halogens is 1. The van der Waals surface area contributed by atoms with Gasteiger partial charge in [0.25, 0.3) is 5.91 Å². The molecule has 1 aliphatic carbocycles. The molecule has 0 heterocycles. The van der Waals surface area contributed by atoms with E-state index in [4.69, 9.17) is 11.6 Å². The highest BCUT2D eigenvalue weighted by molar-refractivity contribution is 6.31. The molecular weight excluding hydrogens is 360 g/mol. The molecule has 1 aliphatic rings. The molecule has 2 atom stereocenters. The standard InChI is InChI=1S/C22H25ClN2O2/c1-4-22(2,3)25-20(26)14-9-11-15(12-10-14)24-21(27)18-13-17(18)16-7-5-6-8-19(16)23/h5-12,17-18H,4,13H2,1-3H3,(H,24,27)(H,25,26). The first-order chi connectivity index (χ1) is 12.8. The summed E-state index contributed by atoms with van der Waals surface area (Å²) >= 11 is 6.22. The molecule has 0 spiro atoms.